The summed E-state index contributed by atoms with van der Waals surface area (Å²) in [7, 11) is 0. The number of nitrogens with zero attached hydrogens (tertiary/aromatic N) is 3. The van der Waals surface area contributed by atoms with Gasteiger partial charge in [-0.05, 0) is 48.1 Å². The SMILES string of the molecule is Cc1nc(N)nc2c1C(=O)CC(c1ccccc1-c1cccc(C#N)c1)C2. The van der Waals surface area contributed by atoms with Crippen molar-refractivity contribution in [2.75, 3.05) is 5.73 Å². The predicted molar refractivity (Wildman–Crippen MR) is 103 cm³/mol. The first-order valence-electron chi connectivity index (χ1n) is 8.82. The molecular weight excluding hydrogens is 336 g/mol. The summed E-state index contributed by atoms with van der Waals surface area (Å²) in [6, 6.07) is 17.7. The number of nitriles is 1. The van der Waals surface area contributed by atoms with Gasteiger partial charge in [-0.2, -0.15) is 5.26 Å². The molecule has 0 aliphatic heterocycles. The van der Waals surface area contributed by atoms with Gasteiger partial charge in [0.05, 0.1) is 28.6 Å². The average molecular weight is 354 g/mol. The Kier molecular flexibility index (Phi) is 4.17. The molecular formula is C22H18N4O. The van der Waals surface area contributed by atoms with Crippen LogP contribution in [0.2, 0.25) is 0 Å². The van der Waals surface area contributed by atoms with E-state index in [0.717, 1.165) is 22.4 Å². The van der Waals surface area contributed by atoms with Crippen molar-refractivity contribution < 1.29 is 4.79 Å². The Balaban J connectivity index is 1.79. The number of rotatable bonds is 2. The zero-order valence-electron chi connectivity index (χ0n) is 14.9. The molecule has 1 heterocycles. The maximum Gasteiger partial charge on any atom is 0.220 e. The maximum atomic E-state index is 12.8. The summed E-state index contributed by atoms with van der Waals surface area (Å²) in [5, 5.41) is 9.20. The van der Waals surface area contributed by atoms with Crippen LogP contribution in [0.1, 0.15) is 45.2 Å². The lowest BCUT2D eigenvalue weighted by atomic mass is 9.78. The highest BCUT2D eigenvalue weighted by Gasteiger charge is 2.30. The third kappa shape index (κ3) is 3.06. The van der Waals surface area contributed by atoms with Crippen molar-refractivity contribution in [1.29, 1.82) is 5.26 Å². The van der Waals surface area contributed by atoms with Gasteiger partial charge in [-0.1, -0.05) is 36.4 Å². The van der Waals surface area contributed by atoms with Crippen LogP contribution in [0.15, 0.2) is 48.5 Å². The number of nitrogen functional groups attached to an aromatic ring is 1. The van der Waals surface area contributed by atoms with E-state index in [0.29, 0.717) is 29.7 Å². The molecule has 1 unspecified atom stereocenters. The molecule has 0 radical (unpaired) electrons. The number of hydrogen-bond donors (Lipinski definition) is 1. The number of aromatic nitrogens is 2. The summed E-state index contributed by atoms with van der Waals surface area (Å²) in [5.41, 5.74) is 11.5. The Bertz CT molecular complexity index is 1100. The third-order valence-electron chi connectivity index (χ3n) is 5.04. The molecule has 3 aromatic rings. The number of benzene rings is 2. The Morgan fingerprint density at radius 2 is 1.93 bits per heavy atom. The van der Waals surface area contributed by atoms with Gasteiger partial charge in [-0.3, -0.25) is 4.79 Å². The van der Waals surface area contributed by atoms with E-state index >= 15 is 0 Å². The van der Waals surface area contributed by atoms with Crippen LogP contribution in [-0.2, 0) is 6.42 Å². The fourth-order valence-corrected chi connectivity index (χ4v) is 3.89. The first kappa shape index (κ1) is 16.9. The van der Waals surface area contributed by atoms with Gasteiger partial charge in [0, 0.05) is 6.42 Å². The van der Waals surface area contributed by atoms with Crippen molar-refractivity contribution in [3.8, 4) is 17.2 Å². The highest BCUT2D eigenvalue weighted by atomic mass is 16.1. The van der Waals surface area contributed by atoms with E-state index in [2.05, 4.69) is 22.1 Å². The van der Waals surface area contributed by atoms with Gasteiger partial charge in [-0.25, -0.2) is 9.97 Å². The first-order chi connectivity index (χ1) is 13.1. The normalized spacial score (nSPS) is 15.9. The summed E-state index contributed by atoms with van der Waals surface area (Å²) in [6.45, 7) is 1.80. The van der Waals surface area contributed by atoms with Crippen LogP contribution < -0.4 is 5.73 Å². The molecule has 0 saturated carbocycles. The number of ketones is 1. The molecule has 4 rings (SSSR count). The van der Waals surface area contributed by atoms with E-state index in [1.165, 1.54) is 0 Å². The van der Waals surface area contributed by atoms with Gasteiger partial charge in [0.1, 0.15) is 0 Å². The predicted octanol–water partition coefficient (Wildman–Crippen LogP) is 3.82. The molecule has 1 aromatic heterocycles. The second kappa shape index (κ2) is 6.65. The molecule has 5 heteroatoms. The number of anilines is 1. The topological polar surface area (TPSA) is 92.7 Å². The largest absolute Gasteiger partial charge is 0.368 e. The summed E-state index contributed by atoms with van der Waals surface area (Å²) >= 11 is 0. The Hall–Kier alpha value is -3.52. The zero-order valence-corrected chi connectivity index (χ0v) is 14.9. The molecule has 0 bridgehead atoms. The van der Waals surface area contributed by atoms with Gasteiger partial charge >= 0.3 is 0 Å². The van der Waals surface area contributed by atoms with Crippen molar-refractivity contribution in [1.82, 2.24) is 9.97 Å². The zero-order chi connectivity index (χ0) is 19.0. The standard InChI is InChI=1S/C22H18N4O/c1-13-21-19(26-22(24)25-13)10-16(11-20(21)27)18-8-3-2-7-17(18)15-6-4-5-14(9-15)12-23/h2-9,16H,10-11H2,1H3,(H2,24,25,26). The van der Waals surface area contributed by atoms with Gasteiger partial charge in [0.2, 0.25) is 5.95 Å². The summed E-state index contributed by atoms with van der Waals surface area (Å²) in [4.78, 5) is 21.3. The summed E-state index contributed by atoms with van der Waals surface area (Å²) < 4.78 is 0. The van der Waals surface area contributed by atoms with Gasteiger partial charge in [0.25, 0.3) is 0 Å². The van der Waals surface area contributed by atoms with Crippen LogP contribution >= 0.6 is 0 Å². The number of nitrogens with two attached hydrogens (primary N) is 1. The highest BCUT2D eigenvalue weighted by molar-refractivity contribution is 6.00. The van der Waals surface area contributed by atoms with Crippen molar-refractivity contribution in [3.05, 3.63) is 76.6 Å². The quantitative estimate of drug-likeness (QED) is 0.755. The number of carbonyl (C=O) groups is 1. The van der Waals surface area contributed by atoms with Crippen LogP contribution in [0.5, 0.6) is 0 Å². The summed E-state index contributed by atoms with van der Waals surface area (Å²) in [5.74, 6) is 0.273. The number of Topliss-reactive ketones (excluding diaryl/α,β-unsaturated/α-hetero) is 1. The van der Waals surface area contributed by atoms with E-state index in [1.54, 1.807) is 13.0 Å². The fraction of sp³-hybridized carbons (Fsp3) is 0.182. The van der Waals surface area contributed by atoms with Gasteiger partial charge in [-0.15, -0.1) is 0 Å². The van der Waals surface area contributed by atoms with Crippen molar-refractivity contribution in [3.63, 3.8) is 0 Å². The fourth-order valence-electron chi connectivity index (χ4n) is 3.89. The van der Waals surface area contributed by atoms with Crippen molar-refractivity contribution in [2.24, 2.45) is 0 Å². The van der Waals surface area contributed by atoms with E-state index < -0.39 is 0 Å². The van der Waals surface area contributed by atoms with Crippen LogP contribution in [0.4, 0.5) is 5.95 Å². The second-order valence-corrected chi connectivity index (χ2v) is 6.80. The Morgan fingerprint density at radius 1 is 1.11 bits per heavy atom. The lowest BCUT2D eigenvalue weighted by molar-refractivity contribution is 0.0962. The lowest BCUT2D eigenvalue weighted by Gasteiger charge is -2.26. The molecule has 1 aliphatic carbocycles. The highest BCUT2D eigenvalue weighted by Crippen LogP contribution is 2.38. The van der Waals surface area contributed by atoms with Gasteiger partial charge < -0.3 is 5.73 Å². The van der Waals surface area contributed by atoms with E-state index in [-0.39, 0.29) is 17.6 Å². The number of aryl methyl sites for hydroxylation is 1. The average Bonchev–Trinajstić information content (AvgIpc) is 2.67. The molecule has 27 heavy (non-hydrogen) atoms. The van der Waals surface area contributed by atoms with E-state index in [4.69, 9.17) is 5.73 Å². The molecule has 2 N–H and O–H groups in total. The summed E-state index contributed by atoms with van der Waals surface area (Å²) in [6.07, 6.45) is 1.06. The number of hydrogen-bond acceptors (Lipinski definition) is 5. The van der Waals surface area contributed by atoms with Crippen LogP contribution in [0, 0.1) is 18.3 Å². The molecule has 1 aliphatic rings. The van der Waals surface area contributed by atoms with Crippen LogP contribution in [-0.4, -0.2) is 15.8 Å². The number of fused-ring (bicyclic) bond motifs is 1. The smallest absolute Gasteiger partial charge is 0.220 e. The maximum absolute atomic E-state index is 12.8. The van der Waals surface area contributed by atoms with Gasteiger partial charge in [0.15, 0.2) is 5.78 Å². The molecule has 0 amide bonds. The Labute approximate surface area is 157 Å². The molecule has 1 atom stereocenters. The minimum absolute atomic E-state index is 0.0145. The first-order valence-corrected chi connectivity index (χ1v) is 8.82. The molecule has 132 valence electrons. The number of carbonyl (C=O) groups excluding carboxylic acids is 1. The van der Waals surface area contributed by atoms with Crippen molar-refractivity contribution in [2.45, 2.75) is 25.7 Å². The van der Waals surface area contributed by atoms with Crippen molar-refractivity contribution >= 4 is 11.7 Å². The molecule has 0 spiro atoms. The van der Waals surface area contributed by atoms with E-state index in [9.17, 15) is 10.1 Å². The second-order valence-electron chi connectivity index (χ2n) is 6.80. The van der Waals surface area contributed by atoms with Crippen LogP contribution in [0.3, 0.4) is 0 Å². The lowest BCUT2D eigenvalue weighted by Crippen LogP contribution is -2.23. The molecule has 0 saturated heterocycles. The monoisotopic (exact) mass is 354 g/mol. The Morgan fingerprint density at radius 3 is 2.74 bits per heavy atom. The minimum atomic E-state index is 0.0145. The van der Waals surface area contributed by atoms with E-state index in [1.807, 2.05) is 36.4 Å². The molecule has 0 fully saturated rings. The minimum Gasteiger partial charge on any atom is -0.368 e. The molecule has 5 nitrogen and oxygen atoms in total. The molecule has 2 aromatic carbocycles. The third-order valence-corrected chi connectivity index (χ3v) is 5.04. The van der Waals surface area contributed by atoms with Crippen LogP contribution in [0.25, 0.3) is 11.1 Å².